The predicted molar refractivity (Wildman–Crippen MR) is 44.6 cm³/mol. The fourth-order valence-electron chi connectivity index (χ4n) is 0.753. The Labute approximate surface area is 72.5 Å². The first-order chi connectivity index (χ1) is 5.74. The maximum absolute atomic E-state index is 10.8. The number of rotatable bonds is 6. The van der Waals surface area contributed by atoms with Gasteiger partial charge in [0.2, 0.25) is 6.41 Å². The highest BCUT2D eigenvalue weighted by molar-refractivity contribution is 5.69. The molecule has 0 aromatic rings. The molecule has 0 spiro atoms. The van der Waals surface area contributed by atoms with Gasteiger partial charge in [-0.15, -0.1) is 0 Å². The van der Waals surface area contributed by atoms with E-state index >= 15 is 0 Å². The first kappa shape index (κ1) is 10.9. The number of esters is 1. The summed E-state index contributed by atoms with van der Waals surface area (Å²) >= 11 is 0. The molecule has 1 amide bonds. The van der Waals surface area contributed by atoms with Gasteiger partial charge >= 0.3 is 5.97 Å². The molecule has 0 aromatic heterocycles. The zero-order valence-corrected chi connectivity index (χ0v) is 7.58. The Kier molecular flexibility index (Phi) is 6.05. The van der Waals surface area contributed by atoms with Crippen molar-refractivity contribution in [1.29, 1.82) is 0 Å². The van der Waals surface area contributed by atoms with E-state index in [9.17, 15) is 9.59 Å². The van der Waals surface area contributed by atoms with Gasteiger partial charge in [-0.1, -0.05) is 0 Å². The standard InChI is InChI=1S/C8H15NO3/c1-3-9(7-10)6-5-8(11)12-4-2/h7H,3-6H2,1-2H3. The molecule has 0 radical (unpaired) electrons. The van der Waals surface area contributed by atoms with Crippen molar-refractivity contribution in [2.24, 2.45) is 0 Å². The molecule has 12 heavy (non-hydrogen) atoms. The van der Waals surface area contributed by atoms with Crippen molar-refractivity contribution in [1.82, 2.24) is 4.90 Å². The Morgan fingerprint density at radius 1 is 1.50 bits per heavy atom. The van der Waals surface area contributed by atoms with E-state index in [-0.39, 0.29) is 12.4 Å². The van der Waals surface area contributed by atoms with Crippen LogP contribution in [-0.2, 0) is 14.3 Å². The van der Waals surface area contributed by atoms with Crippen LogP contribution in [0, 0.1) is 0 Å². The van der Waals surface area contributed by atoms with Crippen LogP contribution in [0.15, 0.2) is 0 Å². The zero-order valence-electron chi connectivity index (χ0n) is 7.58. The topological polar surface area (TPSA) is 46.6 Å². The molecule has 0 aliphatic heterocycles. The van der Waals surface area contributed by atoms with Gasteiger partial charge in [0.05, 0.1) is 13.0 Å². The van der Waals surface area contributed by atoms with Crippen molar-refractivity contribution in [2.75, 3.05) is 19.7 Å². The van der Waals surface area contributed by atoms with Crippen LogP contribution in [0.1, 0.15) is 20.3 Å². The lowest BCUT2D eigenvalue weighted by atomic mass is 10.4. The van der Waals surface area contributed by atoms with E-state index in [1.165, 1.54) is 4.90 Å². The average molecular weight is 173 g/mol. The molecule has 4 nitrogen and oxygen atoms in total. The van der Waals surface area contributed by atoms with Crippen LogP contribution in [0.5, 0.6) is 0 Å². The largest absolute Gasteiger partial charge is 0.466 e. The molecule has 0 N–H and O–H groups in total. The lowest BCUT2D eigenvalue weighted by molar-refractivity contribution is -0.143. The van der Waals surface area contributed by atoms with Crippen LogP contribution in [0.3, 0.4) is 0 Å². The Balaban J connectivity index is 3.51. The SMILES string of the molecule is CCOC(=O)CCN(C=O)CC. The number of nitrogens with zero attached hydrogens (tertiary/aromatic N) is 1. The van der Waals surface area contributed by atoms with Crippen LogP contribution in [0.25, 0.3) is 0 Å². The second-order valence-corrected chi connectivity index (χ2v) is 2.29. The van der Waals surface area contributed by atoms with Crippen molar-refractivity contribution < 1.29 is 14.3 Å². The van der Waals surface area contributed by atoms with E-state index in [4.69, 9.17) is 4.74 Å². The molecule has 0 aromatic carbocycles. The fourth-order valence-corrected chi connectivity index (χ4v) is 0.753. The third-order valence-electron chi connectivity index (χ3n) is 1.46. The summed E-state index contributed by atoms with van der Waals surface area (Å²) in [6.07, 6.45) is 1.01. The number of hydrogen-bond donors (Lipinski definition) is 0. The van der Waals surface area contributed by atoms with Gasteiger partial charge in [-0.3, -0.25) is 9.59 Å². The number of ether oxygens (including phenoxy) is 1. The monoisotopic (exact) mass is 173 g/mol. The normalized spacial score (nSPS) is 9.17. The molecule has 0 heterocycles. The minimum absolute atomic E-state index is 0.252. The van der Waals surface area contributed by atoms with Gasteiger partial charge in [-0.25, -0.2) is 0 Å². The highest BCUT2D eigenvalue weighted by atomic mass is 16.5. The van der Waals surface area contributed by atoms with Crippen LogP contribution in [0.4, 0.5) is 0 Å². The second-order valence-electron chi connectivity index (χ2n) is 2.29. The molecule has 0 aliphatic rings. The van der Waals surface area contributed by atoms with Crippen molar-refractivity contribution in [3.8, 4) is 0 Å². The zero-order chi connectivity index (χ0) is 9.40. The van der Waals surface area contributed by atoms with Gasteiger partial charge in [0.25, 0.3) is 0 Å². The van der Waals surface area contributed by atoms with Gasteiger partial charge < -0.3 is 9.64 Å². The summed E-state index contributed by atoms with van der Waals surface area (Å²) in [7, 11) is 0. The second kappa shape index (κ2) is 6.64. The fraction of sp³-hybridized carbons (Fsp3) is 0.750. The number of carbonyl (C=O) groups is 2. The quantitative estimate of drug-likeness (QED) is 0.432. The van der Waals surface area contributed by atoms with E-state index in [1.807, 2.05) is 6.92 Å². The summed E-state index contributed by atoms with van der Waals surface area (Å²) in [5.41, 5.74) is 0. The number of amides is 1. The lowest BCUT2D eigenvalue weighted by Gasteiger charge is -2.13. The van der Waals surface area contributed by atoms with Crippen molar-refractivity contribution >= 4 is 12.4 Å². The van der Waals surface area contributed by atoms with E-state index in [2.05, 4.69) is 0 Å². The average Bonchev–Trinajstić information content (AvgIpc) is 2.07. The van der Waals surface area contributed by atoms with E-state index < -0.39 is 0 Å². The van der Waals surface area contributed by atoms with Gasteiger partial charge in [0, 0.05) is 13.1 Å². The number of carbonyl (C=O) groups excluding carboxylic acids is 2. The van der Waals surface area contributed by atoms with Crippen LogP contribution >= 0.6 is 0 Å². The van der Waals surface area contributed by atoms with Crippen LogP contribution < -0.4 is 0 Å². The molecule has 0 unspecified atom stereocenters. The van der Waals surface area contributed by atoms with Crippen LogP contribution in [-0.4, -0.2) is 37.0 Å². The Morgan fingerprint density at radius 2 is 2.17 bits per heavy atom. The lowest BCUT2D eigenvalue weighted by Crippen LogP contribution is -2.25. The molecule has 0 saturated carbocycles. The smallest absolute Gasteiger partial charge is 0.307 e. The van der Waals surface area contributed by atoms with Crippen LogP contribution in [0.2, 0.25) is 0 Å². The third-order valence-corrected chi connectivity index (χ3v) is 1.46. The summed E-state index contributed by atoms with van der Waals surface area (Å²) in [6, 6.07) is 0. The van der Waals surface area contributed by atoms with Gasteiger partial charge in [0.15, 0.2) is 0 Å². The molecule has 70 valence electrons. The Hall–Kier alpha value is -1.06. The first-order valence-corrected chi connectivity index (χ1v) is 4.09. The van der Waals surface area contributed by atoms with Gasteiger partial charge in [-0.05, 0) is 13.8 Å². The first-order valence-electron chi connectivity index (χ1n) is 4.09. The molecule has 0 bridgehead atoms. The Morgan fingerprint density at radius 3 is 2.58 bits per heavy atom. The molecule has 0 atom stereocenters. The summed E-state index contributed by atoms with van der Waals surface area (Å²) in [5, 5.41) is 0. The maximum atomic E-state index is 10.8. The van der Waals surface area contributed by atoms with E-state index in [0.29, 0.717) is 19.7 Å². The maximum Gasteiger partial charge on any atom is 0.307 e. The predicted octanol–water partition coefficient (Wildman–Crippen LogP) is 0.418. The van der Waals surface area contributed by atoms with Crippen molar-refractivity contribution in [3.63, 3.8) is 0 Å². The summed E-state index contributed by atoms with van der Waals surface area (Å²) in [5.74, 6) is -0.252. The third kappa shape index (κ3) is 4.71. The van der Waals surface area contributed by atoms with Crippen molar-refractivity contribution in [3.05, 3.63) is 0 Å². The van der Waals surface area contributed by atoms with Crippen molar-refractivity contribution in [2.45, 2.75) is 20.3 Å². The molecule has 0 rings (SSSR count). The molecule has 0 aliphatic carbocycles. The summed E-state index contributed by atoms with van der Waals surface area (Å²) in [4.78, 5) is 22.6. The molecule has 0 saturated heterocycles. The number of hydrogen-bond acceptors (Lipinski definition) is 3. The Bertz CT molecular complexity index is 147. The minimum Gasteiger partial charge on any atom is -0.466 e. The summed E-state index contributed by atoms with van der Waals surface area (Å²) < 4.78 is 4.70. The van der Waals surface area contributed by atoms with Gasteiger partial charge in [0.1, 0.15) is 0 Å². The highest BCUT2D eigenvalue weighted by Gasteiger charge is 2.04. The molecular formula is C8H15NO3. The minimum atomic E-state index is -0.252. The van der Waals surface area contributed by atoms with E-state index in [1.54, 1.807) is 6.92 Å². The van der Waals surface area contributed by atoms with E-state index in [0.717, 1.165) is 6.41 Å². The summed E-state index contributed by atoms with van der Waals surface area (Å²) in [6.45, 7) is 5.09. The van der Waals surface area contributed by atoms with Gasteiger partial charge in [-0.2, -0.15) is 0 Å². The molecule has 0 fully saturated rings. The highest BCUT2D eigenvalue weighted by Crippen LogP contribution is 1.90. The molecular weight excluding hydrogens is 158 g/mol. The molecule has 4 heteroatoms.